The molecule has 1 aliphatic rings. The second-order valence-corrected chi connectivity index (χ2v) is 10.6. The van der Waals surface area contributed by atoms with Crippen molar-refractivity contribution in [2.24, 2.45) is 5.92 Å². The summed E-state index contributed by atoms with van der Waals surface area (Å²) in [5.41, 5.74) is -4.04. The molecule has 0 radical (unpaired) electrons. The molecule has 9 nitrogen and oxygen atoms in total. The van der Waals surface area contributed by atoms with Crippen molar-refractivity contribution in [2.75, 3.05) is 58.9 Å². The van der Waals surface area contributed by atoms with Crippen molar-refractivity contribution in [3.63, 3.8) is 0 Å². The first-order valence-corrected chi connectivity index (χ1v) is 13.7. The molecule has 0 bridgehead atoms. The normalized spacial score (nSPS) is 15.8. The number of halogens is 4. The summed E-state index contributed by atoms with van der Waals surface area (Å²) in [7, 11) is 4.11. The number of aliphatic hydroxyl groups is 2. The predicted octanol–water partition coefficient (Wildman–Crippen LogP) is 3.71. The lowest BCUT2D eigenvalue weighted by molar-refractivity contribution is -0.261. The average Bonchev–Trinajstić information content (AvgIpc) is 2.95. The fourth-order valence-corrected chi connectivity index (χ4v) is 5.15. The van der Waals surface area contributed by atoms with E-state index in [9.17, 15) is 27.9 Å². The highest BCUT2D eigenvalue weighted by atomic mass is 35.5. The van der Waals surface area contributed by atoms with Crippen LogP contribution in [0, 0.1) is 5.92 Å². The van der Waals surface area contributed by atoms with E-state index in [0.717, 1.165) is 29.9 Å². The minimum atomic E-state index is -5.23. The fourth-order valence-electron chi connectivity index (χ4n) is 4.92. The molecule has 2 amide bonds. The van der Waals surface area contributed by atoms with E-state index in [1.807, 2.05) is 0 Å². The van der Waals surface area contributed by atoms with Gasteiger partial charge in [0.1, 0.15) is 16.7 Å². The first-order chi connectivity index (χ1) is 19.3. The van der Waals surface area contributed by atoms with Crippen molar-refractivity contribution < 1.29 is 37.7 Å². The molecular formula is C28H36ClF3N4O5. The zero-order chi connectivity index (χ0) is 30.4. The summed E-state index contributed by atoms with van der Waals surface area (Å²) in [6.07, 6.45) is -2.43. The predicted molar refractivity (Wildman–Crippen MR) is 148 cm³/mol. The van der Waals surface area contributed by atoms with Gasteiger partial charge in [0.15, 0.2) is 0 Å². The standard InChI is InChI=1S/C28H36ClF3N4O5/c1-34(16-17-37)25(38)22-9-10-23(33-24(22)29)36-14-11-19(12-15-36)6-5-13-35(2)26(39)27(40,28(30,31)32)20-7-4-8-21(18-20)41-3/h4,7-10,18-19,37,40H,5-6,11-17H2,1-3H3. The molecule has 0 aliphatic carbocycles. The van der Waals surface area contributed by atoms with E-state index in [1.54, 1.807) is 19.2 Å². The van der Waals surface area contributed by atoms with E-state index in [0.29, 0.717) is 37.7 Å². The van der Waals surface area contributed by atoms with Crippen LogP contribution in [-0.4, -0.2) is 97.0 Å². The van der Waals surface area contributed by atoms with Crippen molar-refractivity contribution in [3.8, 4) is 5.75 Å². The van der Waals surface area contributed by atoms with Gasteiger partial charge in [-0.25, -0.2) is 4.98 Å². The van der Waals surface area contributed by atoms with Gasteiger partial charge < -0.3 is 29.6 Å². The lowest BCUT2D eigenvalue weighted by atomic mass is 9.90. The topological polar surface area (TPSA) is 106 Å². The van der Waals surface area contributed by atoms with Gasteiger partial charge in [0.05, 0.1) is 19.3 Å². The van der Waals surface area contributed by atoms with E-state index in [4.69, 9.17) is 21.4 Å². The summed E-state index contributed by atoms with van der Waals surface area (Å²) in [4.78, 5) is 34.1. The lowest BCUT2D eigenvalue weighted by Crippen LogP contribution is -2.55. The van der Waals surface area contributed by atoms with Crippen LogP contribution in [0.15, 0.2) is 36.4 Å². The van der Waals surface area contributed by atoms with Crippen molar-refractivity contribution >= 4 is 29.2 Å². The Morgan fingerprint density at radius 1 is 1.12 bits per heavy atom. The Hall–Kier alpha value is -3.09. The van der Waals surface area contributed by atoms with Gasteiger partial charge in [-0.05, 0) is 55.9 Å². The van der Waals surface area contributed by atoms with Gasteiger partial charge in [-0.3, -0.25) is 9.59 Å². The molecule has 0 spiro atoms. The summed E-state index contributed by atoms with van der Waals surface area (Å²) in [5, 5.41) is 19.8. The highest BCUT2D eigenvalue weighted by molar-refractivity contribution is 6.32. The molecule has 1 fully saturated rings. The summed E-state index contributed by atoms with van der Waals surface area (Å²) < 4.78 is 47.0. The van der Waals surface area contributed by atoms with Gasteiger partial charge in [0.25, 0.3) is 17.4 Å². The maximum absolute atomic E-state index is 14.0. The Morgan fingerprint density at radius 3 is 2.39 bits per heavy atom. The van der Waals surface area contributed by atoms with Crippen molar-refractivity contribution in [1.29, 1.82) is 0 Å². The van der Waals surface area contributed by atoms with Crippen LogP contribution in [0.25, 0.3) is 0 Å². The molecule has 1 aliphatic heterocycles. The monoisotopic (exact) mass is 600 g/mol. The molecule has 226 valence electrons. The molecule has 3 rings (SSSR count). The zero-order valence-electron chi connectivity index (χ0n) is 23.3. The highest BCUT2D eigenvalue weighted by Gasteiger charge is 2.61. The third-order valence-corrected chi connectivity index (χ3v) is 7.73. The van der Waals surface area contributed by atoms with Crippen molar-refractivity contribution in [3.05, 3.63) is 52.7 Å². The number of nitrogens with zero attached hydrogens (tertiary/aromatic N) is 4. The number of alkyl halides is 3. The van der Waals surface area contributed by atoms with Crippen LogP contribution in [0.5, 0.6) is 5.75 Å². The molecule has 1 saturated heterocycles. The van der Waals surface area contributed by atoms with Crippen LogP contribution in [-0.2, 0) is 10.4 Å². The number of carbonyl (C=O) groups excluding carboxylic acids is 2. The summed E-state index contributed by atoms with van der Waals surface area (Å²) in [5.74, 6) is -0.732. The number of aromatic nitrogens is 1. The number of pyridine rings is 1. The number of hydrogen-bond acceptors (Lipinski definition) is 7. The molecule has 1 unspecified atom stereocenters. The molecule has 1 aromatic carbocycles. The number of piperidine rings is 1. The Balaban J connectivity index is 1.54. The van der Waals surface area contributed by atoms with Crippen LogP contribution < -0.4 is 9.64 Å². The maximum Gasteiger partial charge on any atom is 0.430 e. The number of amides is 2. The molecule has 2 aromatic rings. The number of anilines is 1. The number of benzene rings is 1. The Labute approximate surface area is 242 Å². The van der Waals surface area contributed by atoms with Crippen LogP contribution in [0.3, 0.4) is 0 Å². The molecule has 2 N–H and O–H groups in total. The van der Waals surface area contributed by atoms with Gasteiger partial charge in [-0.1, -0.05) is 23.7 Å². The van der Waals surface area contributed by atoms with E-state index in [-0.39, 0.29) is 42.1 Å². The fraction of sp³-hybridized carbons (Fsp3) is 0.536. The third-order valence-electron chi connectivity index (χ3n) is 7.44. The van der Waals surface area contributed by atoms with Gasteiger partial charge in [0.2, 0.25) is 0 Å². The zero-order valence-corrected chi connectivity index (χ0v) is 24.1. The molecule has 0 saturated carbocycles. The lowest BCUT2D eigenvalue weighted by Gasteiger charge is -2.34. The number of hydrogen-bond donors (Lipinski definition) is 2. The SMILES string of the molecule is COc1cccc(C(O)(C(=O)N(C)CCCC2CCN(c3ccc(C(=O)N(C)CCO)c(Cl)n3)CC2)C(F)(F)F)c1. The van der Waals surface area contributed by atoms with Crippen LogP contribution in [0.2, 0.25) is 5.15 Å². The van der Waals surface area contributed by atoms with E-state index < -0.39 is 23.2 Å². The van der Waals surface area contributed by atoms with Gasteiger partial charge in [-0.2, -0.15) is 13.2 Å². The van der Waals surface area contributed by atoms with Crippen LogP contribution >= 0.6 is 11.6 Å². The largest absolute Gasteiger partial charge is 0.497 e. The molecule has 1 aromatic heterocycles. The summed E-state index contributed by atoms with van der Waals surface area (Å²) in [6, 6.07) is 8.14. The molecular weight excluding hydrogens is 565 g/mol. The van der Waals surface area contributed by atoms with Gasteiger partial charge >= 0.3 is 6.18 Å². The molecule has 13 heteroatoms. The number of methoxy groups -OCH3 is 1. The smallest absolute Gasteiger partial charge is 0.430 e. The highest BCUT2D eigenvalue weighted by Crippen LogP contribution is 2.41. The van der Waals surface area contributed by atoms with E-state index in [2.05, 4.69) is 9.88 Å². The minimum absolute atomic E-state index is 0.0544. The van der Waals surface area contributed by atoms with E-state index in [1.165, 1.54) is 31.2 Å². The average molecular weight is 601 g/mol. The summed E-state index contributed by atoms with van der Waals surface area (Å²) in [6.45, 7) is 1.44. The Bertz CT molecular complexity index is 1210. The summed E-state index contributed by atoms with van der Waals surface area (Å²) >= 11 is 6.28. The second kappa shape index (κ2) is 13.7. The number of ether oxygens (including phenoxy) is 1. The van der Waals surface area contributed by atoms with Crippen LogP contribution in [0.1, 0.15) is 41.6 Å². The first-order valence-electron chi connectivity index (χ1n) is 13.3. The third kappa shape index (κ3) is 7.41. The number of likely N-dealkylation sites (N-methyl/N-ethyl adjacent to an activating group) is 2. The maximum atomic E-state index is 14.0. The minimum Gasteiger partial charge on any atom is -0.497 e. The van der Waals surface area contributed by atoms with E-state index >= 15 is 0 Å². The van der Waals surface area contributed by atoms with Gasteiger partial charge in [0, 0.05) is 45.8 Å². The van der Waals surface area contributed by atoms with Crippen LogP contribution in [0.4, 0.5) is 19.0 Å². The quantitative estimate of drug-likeness (QED) is 0.379. The first kappa shape index (κ1) is 32.4. The molecule has 41 heavy (non-hydrogen) atoms. The number of aliphatic hydroxyl groups excluding tert-OH is 1. The number of carbonyl (C=O) groups is 2. The van der Waals surface area contributed by atoms with Crippen molar-refractivity contribution in [1.82, 2.24) is 14.8 Å². The van der Waals surface area contributed by atoms with Gasteiger partial charge in [-0.15, -0.1) is 0 Å². The Kier molecular flexibility index (Phi) is 10.8. The molecule has 2 heterocycles. The second-order valence-electron chi connectivity index (χ2n) is 10.2. The Morgan fingerprint density at radius 2 is 1.80 bits per heavy atom. The number of rotatable bonds is 11. The molecule has 1 atom stereocenters. The van der Waals surface area contributed by atoms with Crippen molar-refractivity contribution in [2.45, 2.75) is 37.5 Å².